The molecular formula is C22H27NO4. The minimum absolute atomic E-state index is 0.0390. The average Bonchev–Trinajstić information content (AvgIpc) is 2.58. The van der Waals surface area contributed by atoms with E-state index in [0.717, 1.165) is 40.7 Å². The lowest BCUT2D eigenvalue weighted by Crippen LogP contribution is -2.37. The number of hydrogen-bond donors (Lipinski definition) is 1. The maximum absolute atomic E-state index is 12.3. The van der Waals surface area contributed by atoms with Crippen molar-refractivity contribution >= 4 is 17.0 Å². The van der Waals surface area contributed by atoms with Gasteiger partial charge in [-0.2, -0.15) is 0 Å². The second kappa shape index (κ2) is 6.13. The standard InChI is InChI=1S/C22H27NO4/c1-6-7-13-10-15(24)26-21-16(13)20-14(8-9-22(4,5)27-20)19-17(21)18(23)11(2)12(3)25-19/h8-12,18H,6-7,23H2,1-5H3/t11-,12-,18?/m1/s1. The lowest BCUT2D eigenvalue weighted by molar-refractivity contribution is 0.115. The number of rotatable bonds is 2. The third-order valence-corrected chi connectivity index (χ3v) is 5.73. The SMILES string of the molecule is CCCc1cc(=O)oc2c3c(c4c(c12)OC(C)(C)C=C4)O[C@H](C)[C@@H](C)C3N. The van der Waals surface area contributed by atoms with Crippen LogP contribution in [0.15, 0.2) is 21.4 Å². The number of hydrogen-bond acceptors (Lipinski definition) is 5. The first-order valence-electron chi connectivity index (χ1n) is 9.70. The zero-order valence-electron chi connectivity index (χ0n) is 16.6. The van der Waals surface area contributed by atoms with Crippen molar-refractivity contribution in [1.82, 2.24) is 0 Å². The number of benzene rings is 1. The summed E-state index contributed by atoms with van der Waals surface area (Å²) in [4.78, 5) is 12.3. The van der Waals surface area contributed by atoms with Crippen molar-refractivity contribution in [2.75, 3.05) is 0 Å². The molecule has 3 atom stereocenters. The first-order valence-corrected chi connectivity index (χ1v) is 9.70. The van der Waals surface area contributed by atoms with Crippen LogP contribution in [0.3, 0.4) is 0 Å². The smallest absolute Gasteiger partial charge is 0.336 e. The third-order valence-electron chi connectivity index (χ3n) is 5.73. The molecule has 0 spiro atoms. The molecule has 4 rings (SSSR count). The molecule has 0 saturated heterocycles. The van der Waals surface area contributed by atoms with E-state index in [2.05, 4.69) is 13.8 Å². The fourth-order valence-corrected chi connectivity index (χ4v) is 4.05. The van der Waals surface area contributed by atoms with Crippen LogP contribution in [0.1, 0.15) is 63.8 Å². The van der Waals surface area contributed by atoms with Crippen molar-refractivity contribution in [3.8, 4) is 11.5 Å². The Morgan fingerprint density at radius 2 is 1.96 bits per heavy atom. The number of ether oxygens (including phenoxy) is 2. The molecule has 2 aliphatic rings. The monoisotopic (exact) mass is 369 g/mol. The quantitative estimate of drug-likeness (QED) is 0.797. The molecule has 2 aromatic rings. The van der Waals surface area contributed by atoms with Crippen molar-refractivity contribution < 1.29 is 13.9 Å². The summed E-state index contributed by atoms with van der Waals surface area (Å²) >= 11 is 0. The Hall–Kier alpha value is -2.27. The Morgan fingerprint density at radius 1 is 1.22 bits per heavy atom. The molecule has 2 aliphatic heterocycles. The van der Waals surface area contributed by atoms with Crippen molar-refractivity contribution in [2.45, 2.75) is 65.2 Å². The largest absolute Gasteiger partial charge is 0.489 e. The Labute approximate surface area is 159 Å². The lowest BCUT2D eigenvalue weighted by atomic mass is 9.83. The van der Waals surface area contributed by atoms with Gasteiger partial charge in [0.1, 0.15) is 23.2 Å². The highest BCUT2D eigenvalue weighted by molar-refractivity contribution is 5.97. The van der Waals surface area contributed by atoms with Crippen molar-refractivity contribution in [2.24, 2.45) is 11.7 Å². The summed E-state index contributed by atoms with van der Waals surface area (Å²) in [5.74, 6) is 1.50. The minimum atomic E-state index is -0.455. The molecule has 27 heavy (non-hydrogen) atoms. The molecule has 0 amide bonds. The fourth-order valence-electron chi connectivity index (χ4n) is 4.05. The van der Waals surface area contributed by atoms with E-state index in [4.69, 9.17) is 19.6 Å². The van der Waals surface area contributed by atoms with Crippen LogP contribution in [0.2, 0.25) is 0 Å². The summed E-state index contributed by atoms with van der Waals surface area (Å²) in [6.45, 7) is 10.2. The van der Waals surface area contributed by atoms with Gasteiger partial charge in [-0.05, 0) is 44.9 Å². The van der Waals surface area contributed by atoms with Gasteiger partial charge in [-0.25, -0.2) is 4.79 Å². The van der Waals surface area contributed by atoms with Gasteiger partial charge in [0.2, 0.25) is 0 Å². The zero-order valence-corrected chi connectivity index (χ0v) is 16.6. The first kappa shape index (κ1) is 18.1. The van der Waals surface area contributed by atoms with Gasteiger partial charge in [0.25, 0.3) is 0 Å². The maximum atomic E-state index is 12.3. The summed E-state index contributed by atoms with van der Waals surface area (Å²) < 4.78 is 18.3. The van der Waals surface area contributed by atoms with E-state index in [-0.39, 0.29) is 23.7 Å². The molecule has 0 bridgehead atoms. The minimum Gasteiger partial charge on any atom is -0.489 e. The van der Waals surface area contributed by atoms with Crippen LogP contribution < -0.4 is 20.8 Å². The Morgan fingerprint density at radius 3 is 2.67 bits per heavy atom. The molecule has 3 heterocycles. The van der Waals surface area contributed by atoms with Crippen LogP contribution >= 0.6 is 0 Å². The summed E-state index contributed by atoms with van der Waals surface area (Å²) in [6.07, 6.45) is 5.72. The summed E-state index contributed by atoms with van der Waals surface area (Å²) in [5.41, 5.74) is 8.89. The maximum Gasteiger partial charge on any atom is 0.336 e. The molecule has 5 heteroatoms. The molecule has 2 N–H and O–H groups in total. The molecule has 0 aliphatic carbocycles. The molecule has 5 nitrogen and oxygen atoms in total. The van der Waals surface area contributed by atoms with Gasteiger partial charge in [0.15, 0.2) is 5.58 Å². The van der Waals surface area contributed by atoms with Crippen molar-refractivity contribution in [1.29, 1.82) is 0 Å². The van der Waals surface area contributed by atoms with Gasteiger partial charge in [-0.15, -0.1) is 0 Å². The number of nitrogens with two attached hydrogens (primary N) is 1. The van der Waals surface area contributed by atoms with Crippen LogP contribution in [-0.4, -0.2) is 11.7 Å². The summed E-state index contributed by atoms with van der Waals surface area (Å²) in [5, 5.41) is 0.850. The van der Waals surface area contributed by atoms with E-state index in [9.17, 15) is 4.79 Å². The van der Waals surface area contributed by atoms with Gasteiger partial charge >= 0.3 is 5.63 Å². The van der Waals surface area contributed by atoms with E-state index in [1.807, 2.05) is 32.9 Å². The second-order valence-corrected chi connectivity index (χ2v) is 8.28. The second-order valence-electron chi connectivity index (χ2n) is 8.28. The summed E-state index contributed by atoms with van der Waals surface area (Å²) in [7, 11) is 0. The van der Waals surface area contributed by atoms with Gasteiger partial charge in [-0.1, -0.05) is 20.3 Å². The van der Waals surface area contributed by atoms with Gasteiger partial charge < -0.3 is 19.6 Å². The van der Waals surface area contributed by atoms with E-state index in [0.29, 0.717) is 11.3 Å². The molecule has 0 saturated carbocycles. The predicted octanol–water partition coefficient (Wildman–Crippen LogP) is 4.35. The van der Waals surface area contributed by atoms with Crippen LogP contribution in [0.25, 0.3) is 17.0 Å². The average molecular weight is 369 g/mol. The third kappa shape index (κ3) is 2.76. The highest BCUT2D eigenvalue weighted by atomic mass is 16.5. The van der Waals surface area contributed by atoms with Crippen LogP contribution in [0.4, 0.5) is 0 Å². The predicted molar refractivity (Wildman–Crippen MR) is 106 cm³/mol. The molecule has 1 aromatic heterocycles. The molecule has 1 unspecified atom stereocenters. The highest BCUT2D eigenvalue weighted by Crippen LogP contribution is 2.51. The van der Waals surface area contributed by atoms with Crippen molar-refractivity contribution in [3.63, 3.8) is 0 Å². The zero-order chi connectivity index (χ0) is 19.5. The van der Waals surface area contributed by atoms with Gasteiger partial charge in [-0.3, -0.25) is 0 Å². The topological polar surface area (TPSA) is 74.7 Å². The van der Waals surface area contributed by atoms with E-state index in [1.165, 1.54) is 0 Å². The van der Waals surface area contributed by atoms with E-state index in [1.54, 1.807) is 6.07 Å². The van der Waals surface area contributed by atoms with E-state index >= 15 is 0 Å². The molecular weight excluding hydrogens is 342 g/mol. The number of fused-ring (bicyclic) bond motifs is 6. The lowest BCUT2D eigenvalue weighted by Gasteiger charge is -2.38. The first-order chi connectivity index (χ1) is 12.7. The normalized spacial score (nSPS) is 25.5. The molecule has 1 aromatic carbocycles. The Bertz CT molecular complexity index is 1000. The Balaban J connectivity index is 2.17. The number of aryl methyl sites for hydroxylation is 1. The van der Waals surface area contributed by atoms with Crippen LogP contribution in [0.5, 0.6) is 11.5 Å². The van der Waals surface area contributed by atoms with Gasteiger partial charge in [0.05, 0.1) is 16.5 Å². The van der Waals surface area contributed by atoms with Gasteiger partial charge in [0, 0.05) is 18.0 Å². The highest BCUT2D eigenvalue weighted by Gasteiger charge is 2.39. The fraction of sp³-hybridized carbons (Fsp3) is 0.500. The van der Waals surface area contributed by atoms with Crippen LogP contribution in [-0.2, 0) is 6.42 Å². The summed E-state index contributed by atoms with van der Waals surface area (Å²) in [6, 6.07) is 1.30. The van der Waals surface area contributed by atoms with E-state index < -0.39 is 5.60 Å². The molecule has 0 radical (unpaired) electrons. The van der Waals surface area contributed by atoms with Crippen LogP contribution in [0, 0.1) is 5.92 Å². The van der Waals surface area contributed by atoms with Crippen molar-refractivity contribution in [3.05, 3.63) is 39.3 Å². The molecule has 144 valence electrons. The Kier molecular flexibility index (Phi) is 4.11. The molecule has 0 fully saturated rings.